The lowest BCUT2D eigenvalue weighted by atomic mass is 9.87. The number of carbonyl (C=O) groups is 1. The first-order chi connectivity index (χ1) is 60.3. The molecule has 0 bridgehead atoms. The monoisotopic (exact) mass is 1770 g/mol. The van der Waals surface area contributed by atoms with Crippen LogP contribution in [0, 0.1) is 5.82 Å². The van der Waals surface area contributed by atoms with E-state index in [0.717, 1.165) is 133 Å². The average molecular weight is 1770 g/mol. The van der Waals surface area contributed by atoms with Crippen molar-refractivity contribution in [1.82, 2.24) is 9.55 Å². The molecule has 1 aromatic heterocycles. The lowest BCUT2D eigenvalue weighted by molar-refractivity contribution is -0.130. The Morgan fingerprint density at radius 2 is 0.766 bits per heavy atom. The molecule has 0 aliphatic carbocycles. The summed E-state index contributed by atoms with van der Waals surface area (Å²) >= 11 is 0. The van der Waals surface area contributed by atoms with Crippen LogP contribution in [-0.2, 0) is 71.1 Å². The Morgan fingerprint density at radius 3 is 1.15 bits per heavy atom. The van der Waals surface area contributed by atoms with Crippen LogP contribution in [0.4, 0.5) is 38.5 Å². The number of hydrogen-bond donors (Lipinski definition) is 4. The summed E-state index contributed by atoms with van der Waals surface area (Å²) in [5.74, 6) is 1.32. The van der Waals surface area contributed by atoms with Crippen LogP contribution in [0.5, 0.6) is 11.5 Å². The van der Waals surface area contributed by atoms with Crippen molar-refractivity contribution in [2.75, 3.05) is 188 Å². The van der Waals surface area contributed by atoms with Crippen LogP contribution >= 0.6 is 0 Å². The quantitative estimate of drug-likeness (QED) is 0.0796. The molecule has 6 aliphatic heterocycles. The zero-order chi connectivity index (χ0) is 94.0. The van der Waals surface area contributed by atoms with Crippen LogP contribution < -0.4 is 44.6 Å². The number of methoxy groups -OCH3 is 2. The van der Waals surface area contributed by atoms with Gasteiger partial charge in [0.05, 0.1) is 115 Å². The number of hydrogen-bond acceptors (Lipinski definition) is 19. The van der Waals surface area contributed by atoms with Gasteiger partial charge in [0.25, 0.3) is 0 Å². The van der Waals surface area contributed by atoms with Gasteiger partial charge in [-0.15, -0.1) is 0 Å². The number of imidazole rings is 1. The molecule has 0 saturated carbocycles. The minimum atomic E-state index is -0.504. The van der Waals surface area contributed by atoms with E-state index in [2.05, 4.69) is 308 Å². The van der Waals surface area contributed by atoms with Crippen LogP contribution in [0.25, 0.3) is 5.69 Å². The van der Waals surface area contributed by atoms with E-state index in [4.69, 9.17) is 53.8 Å². The molecule has 1 amide bonds. The van der Waals surface area contributed by atoms with Gasteiger partial charge in [-0.2, -0.15) is 0 Å². The van der Waals surface area contributed by atoms with Crippen LogP contribution in [0.3, 0.4) is 0 Å². The first-order valence-electron chi connectivity index (χ1n) is 46.2. The minimum absolute atomic E-state index is 0.00954. The van der Waals surface area contributed by atoms with Crippen molar-refractivity contribution in [2.24, 2.45) is 5.73 Å². The Hall–Kier alpha value is -8.81. The Kier molecular flexibility index (Phi) is 39.1. The molecule has 7 heterocycles. The second-order valence-electron chi connectivity index (χ2n) is 41.3. The summed E-state index contributed by atoms with van der Waals surface area (Å²) in [6.45, 7) is 63.8. The number of benzene rings is 7. The van der Waals surface area contributed by atoms with Crippen LogP contribution in [0.2, 0.25) is 0 Å². The largest absolute Gasteiger partial charge is 0.495 e. The number of carbonyl (C=O) groups excluding carboxylic acids is 1. The van der Waals surface area contributed by atoms with E-state index < -0.39 is 18.1 Å². The molecule has 0 radical (unpaired) electrons. The summed E-state index contributed by atoms with van der Waals surface area (Å²) in [4.78, 5) is 28.7. The second kappa shape index (κ2) is 47.8. The molecule has 21 nitrogen and oxygen atoms in total. The Balaban J connectivity index is 0.000000185. The average Bonchev–Trinajstić information content (AvgIpc) is 1.52. The summed E-state index contributed by atoms with van der Waals surface area (Å²) in [6.07, 6.45) is 6.33. The first kappa shape index (κ1) is 105. The number of anilines is 6. The Labute approximate surface area is 767 Å². The highest BCUT2D eigenvalue weighted by molar-refractivity contribution is 5.80. The molecule has 706 valence electrons. The number of aliphatic hydroxyl groups is 3. The van der Waals surface area contributed by atoms with Crippen molar-refractivity contribution in [2.45, 2.75) is 234 Å². The molecule has 128 heavy (non-hydrogen) atoms. The molecule has 8 aromatic rings. The van der Waals surface area contributed by atoms with Crippen LogP contribution in [-0.4, -0.2) is 220 Å². The standard InChI is InChI=1S/3C16H25NO2.C15H22N2O2.C15H23NO2.C14H20FNO.C14H18N2O/c1-16(2,3)13-6-7-14(15(12-13)18-4)17-8-5-10-19-11-9-17;1-12(18)15-11-17(9-10-19-15)14-7-5-13(6-8-14)16(2,3)4;1-16(2,3)13-4-6-14(7-5-13)17-9-11-19-15(12-17)8-10-18;1-15(2,3)11-4-6-12(7-5-11)17-8-9-19-13(10-17)14(16)18;1-15(2,3)12-4-6-13(7-5-12)16-8-9-18-14(10-16)11-17;1-14(2,3)11-4-5-13(12(15)10-11)16-6-8-17-9-7-16;1-14(2,3)11-5-6-12(13(9-11)17-4)16-8-7-15-10-16/h6-7,12H,5,8-11H2,1-4H3;5-8,12,15,18H,9-11H2,1-4H3;4-7,15,18H,8-12H2,1-3H3;4-7,13H,8-10H2,1-3H3,(H2,16,18);4-7,14,17H,8-11H2,1-3H3;4-5,10H,6-9H2,1-3H3;5-10H,1-4H3. The fraction of sp³-hybridized carbons (Fsp3) is 0.566. The predicted molar refractivity (Wildman–Crippen MR) is 524 cm³/mol. The molecule has 14 rings (SSSR count). The van der Waals surface area contributed by atoms with Crippen molar-refractivity contribution in [3.05, 3.63) is 215 Å². The maximum Gasteiger partial charge on any atom is 0.248 e. The van der Waals surface area contributed by atoms with Crippen molar-refractivity contribution in [3.8, 4) is 17.2 Å². The summed E-state index contributed by atoms with van der Waals surface area (Å²) < 4.78 is 59.9. The summed E-state index contributed by atoms with van der Waals surface area (Å²) in [7, 11) is 3.45. The number of rotatable bonds is 14. The molecular formula is C106H158FN9O12. The molecule has 0 spiro atoms. The molecular weight excluding hydrogens is 1610 g/mol. The van der Waals surface area contributed by atoms with Gasteiger partial charge in [-0.1, -0.05) is 212 Å². The Morgan fingerprint density at radius 1 is 0.422 bits per heavy atom. The maximum atomic E-state index is 14.1. The second-order valence-corrected chi connectivity index (χ2v) is 41.3. The number of aromatic nitrogens is 2. The van der Waals surface area contributed by atoms with Crippen LogP contribution in [0.1, 0.15) is 204 Å². The van der Waals surface area contributed by atoms with Crippen LogP contribution in [0.15, 0.2) is 170 Å². The number of aliphatic hydroxyl groups excluding tert-OH is 3. The number of halogens is 1. The van der Waals surface area contributed by atoms with Gasteiger partial charge in [-0.3, -0.25) is 4.79 Å². The van der Waals surface area contributed by atoms with Crippen molar-refractivity contribution in [1.29, 1.82) is 0 Å². The van der Waals surface area contributed by atoms with E-state index in [1.165, 1.54) is 56.1 Å². The predicted octanol–water partition coefficient (Wildman–Crippen LogP) is 18.4. The van der Waals surface area contributed by atoms with Gasteiger partial charge in [0.15, 0.2) is 6.10 Å². The van der Waals surface area contributed by atoms with Gasteiger partial charge in [0.1, 0.15) is 23.4 Å². The smallest absolute Gasteiger partial charge is 0.248 e. The first-order valence-corrected chi connectivity index (χ1v) is 46.2. The lowest BCUT2D eigenvalue weighted by Gasteiger charge is -2.36. The van der Waals surface area contributed by atoms with Gasteiger partial charge in [-0.25, -0.2) is 9.37 Å². The third-order valence-corrected chi connectivity index (χ3v) is 23.9. The highest BCUT2D eigenvalue weighted by Crippen LogP contribution is 2.38. The van der Waals surface area contributed by atoms with Crippen molar-refractivity contribution in [3.63, 3.8) is 0 Å². The van der Waals surface area contributed by atoms with E-state index in [9.17, 15) is 14.3 Å². The molecule has 5 atom stereocenters. The van der Waals surface area contributed by atoms with Crippen molar-refractivity contribution >= 4 is 40.0 Å². The lowest BCUT2D eigenvalue weighted by Crippen LogP contribution is -2.48. The number of amides is 1. The topological polar surface area (TPSA) is 215 Å². The van der Waals surface area contributed by atoms with Gasteiger partial charge in [0.2, 0.25) is 5.91 Å². The fourth-order valence-electron chi connectivity index (χ4n) is 15.5. The summed E-state index contributed by atoms with van der Waals surface area (Å²) in [5.41, 5.74) is 22.9. The maximum absolute atomic E-state index is 14.1. The summed E-state index contributed by atoms with van der Waals surface area (Å²) in [5, 5.41) is 27.8. The van der Waals surface area contributed by atoms with E-state index in [-0.39, 0.29) is 75.2 Å². The number of primary amides is 1. The highest BCUT2D eigenvalue weighted by Gasteiger charge is 2.30. The van der Waals surface area contributed by atoms with Gasteiger partial charge in [0, 0.05) is 120 Å². The van der Waals surface area contributed by atoms with Crippen molar-refractivity contribution < 1.29 is 62.4 Å². The molecule has 5 N–H and O–H groups in total. The highest BCUT2D eigenvalue weighted by atomic mass is 19.1. The molecule has 6 aliphatic rings. The molecule has 6 fully saturated rings. The molecule has 7 aromatic carbocycles. The SMILES string of the molecule is CC(C)(C)c1ccc(N2CCOC(C(N)=O)C2)cc1.CC(C)(C)c1ccc(N2CCOC(CCO)C2)cc1.CC(C)(C)c1ccc(N2CCOC(CO)C2)cc1.CC(C)(C)c1ccc(N2CCOCC2)c(F)c1.CC(O)C1CN(c2ccc(C(C)(C)C)cc2)CCO1.COc1cc(C(C)(C)C)ccc1-n1ccnc1.COc1cc(C(C)(C)C)ccc1N1CCCOCC1. The normalized spacial score (nSPS) is 18.8. The minimum Gasteiger partial charge on any atom is -0.495 e. The van der Waals surface area contributed by atoms with Gasteiger partial charge in [-0.05, 0) is 182 Å². The zero-order valence-corrected chi connectivity index (χ0v) is 82.1. The van der Waals surface area contributed by atoms with E-state index in [1.807, 2.05) is 27.8 Å². The number of ether oxygens (including phenoxy) is 8. The molecule has 6 saturated heterocycles. The van der Waals surface area contributed by atoms with E-state index >= 15 is 0 Å². The third-order valence-electron chi connectivity index (χ3n) is 23.9. The number of nitrogens with two attached hydrogens (primary N) is 1. The van der Waals surface area contributed by atoms with E-state index in [1.54, 1.807) is 39.7 Å². The Bertz CT molecular complexity index is 4560. The zero-order valence-electron chi connectivity index (χ0n) is 82.1. The number of nitrogens with zero attached hydrogens (tertiary/aromatic N) is 8. The fourth-order valence-corrected chi connectivity index (χ4v) is 15.5. The molecule has 22 heteroatoms. The van der Waals surface area contributed by atoms with Gasteiger partial charge >= 0.3 is 0 Å². The molecule has 5 unspecified atom stereocenters. The van der Waals surface area contributed by atoms with Gasteiger partial charge < -0.3 is 92.9 Å². The van der Waals surface area contributed by atoms with E-state index in [0.29, 0.717) is 45.3 Å². The number of morpholine rings is 5. The third kappa shape index (κ3) is 32.3. The summed E-state index contributed by atoms with van der Waals surface area (Å²) in [6, 6.07) is 53.2.